The second-order valence-corrected chi connectivity index (χ2v) is 4.55. The zero-order valence-corrected chi connectivity index (χ0v) is 7.73. The lowest BCUT2D eigenvalue weighted by Crippen LogP contribution is -2.75. The van der Waals surface area contributed by atoms with Crippen LogP contribution in [-0.2, 0) is 4.74 Å². The molecule has 3 heteroatoms. The molecule has 0 amide bonds. The van der Waals surface area contributed by atoms with E-state index >= 15 is 0 Å². The maximum atomic E-state index is 5.45. The van der Waals surface area contributed by atoms with E-state index in [0.717, 1.165) is 6.61 Å². The molecule has 2 bridgehead atoms. The van der Waals surface area contributed by atoms with E-state index in [-0.39, 0.29) is 0 Å². The van der Waals surface area contributed by atoms with E-state index in [1.54, 1.807) is 7.11 Å². The molecule has 0 aromatic carbocycles. The molecule has 0 atom stereocenters. The summed E-state index contributed by atoms with van der Waals surface area (Å²) in [6.07, 6.45) is 6.40. The van der Waals surface area contributed by atoms with E-state index in [0.29, 0.717) is 11.0 Å². The van der Waals surface area contributed by atoms with Gasteiger partial charge in [0.2, 0.25) is 0 Å². The van der Waals surface area contributed by atoms with Gasteiger partial charge >= 0.3 is 0 Å². The summed E-state index contributed by atoms with van der Waals surface area (Å²) in [6.45, 7) is 0.908. The molecule has 3 N–H and O–H groups in total. The minimum atomic E-state index is 0.354. The fourth-order valence-electron chi connectivity index (χ4n) is 3.01. The highest BCUT2D eigenvalue weighted by molar-refractivity contribution is 5.21. The van der Waals surface area contributed by atoms with Gasteiger partial charge in [-0.15, -0.1) is 0 Å². The maximum Gasteiger partial charge on any atom is 0.0462 e. The first-order valence-corrected chi connectivity index (χ1v) is 4.71. The van der Waals surface area contributed by atoms with Gasteiger partial charge in [-0.2, -0.15) is 0 Å². The van der Waals surface area contributed by atoms with E-state index < -0.39 is 0 Å². The average molecular weight is 170 g/mol. The van der Waals surface area contributed by atoms with Crippen LogP contribution < -0.4 is 11.3 Å². The zero-order chi connectivity index (χ0) is 8.66. The van der Waals surface area contributed by atoms with Crippen molar-refractivity contribution in [3.63, 3.8) is 0 Å². The van der Waals surface area contributed by atoms with Gasteiger partial charge in [-0.05, 0) is 37.5 Å². The van der Waals surface area contributed by atoms with Crippen LogP contribution in [0, 0.1) is 5.41 Å². The Kier molecular flexibility index (Phi) is 1.90. The van der Waals surface area contributed by atoms with Crippen LogP contribution in [0.2, 0.25) is 0 Å². The molecule has 3 nitrogen and oxygen atoms in total. The third-order valence-electron chi connectivity index (χ3n) is 3.50. The van der Waals surface area contributed by atoms with Crippen molar-refractivity contribution in [1.82, 2.24) is 5.43 Å². The molecule has 3 fully saturated rings. The smallest absolute Gasteiger partial charge is 0.0462 e. The summed E-state index contributed by atoms with van der Waals surface area (Å²) in [5.41, 5.74) is 3.94. The Morgan fingerprint density at radius 2 is 2.08 bits per heavy atom. The quantitative estimate of drug-likeness (QED) is 0.364. The zero-order valence-electron chi connectivity index (χ0n) is 7.73. The van der Waals surface area contributed by atoms with E-state index in [1.165, 1.54) is 32.1 Å². The average Bonchev–Trinajstić information content (AvgIpc) is 1.92. The third-order valence-corrected chi connectivity index (χ3v) is 3.50. The summed E-state index contributed by atoms with van der Waals surface area (Å²) in [5.74, 6) is 5.45. The van der Waals surface area contributed by atoms with Gasteiger partial charge in [0.25, 0.3) is 0 Å². The Morgan fingerprint density at radius 3 is 2.58 bits per heavy atom. The Balaban J connectivity index is 1.67. The predicted octanol–water partition coefficient (Wildman–Crippen LogP) is 0.799. The molecule has 0 aliphatic heterocycles. The van der Waals surface area contributed by atoms with Gasteiger partial charge in [-0.3, -0.25) is 11.3 Å². The van der Waals surface area contributed by atoms with Gasteiger partial charge in [-0.25, -0.2) is 0 Å². The lowest BCUT2D eigenvalue weighted by Gasteiger charge is -2.70. The summed E-state index contributed by atoms with van der Waals surface area (Å²) in [6, 6.07) is 0. The van der Waals surface area contributed by atoms with Crippen molar-refractivity contribution in [2.75, 3.05) is 13.7 Å². The Hall–Kier alpha value is -0.120. The number of methoxy groups -OCH3 is 1. The van der Waals surface area contributed by atoms with Crippen LogP contribution in [0.4, 0.5) is 0 Å². The summed E-state index contributed by atoms with van der Waals surface area (Å²) in [4.78, 5) is 0. The first-order valence-electron chi connectivity index (χ1n) is 4.71. The molecule has 0 aromatic heterocycles. The van der Waals surface area contributed by atoms with Crippen LogP contribution >= 0.6 is 0 Å². The lowest BCUT2D eigenvalue weighted by atomic mass is 9.38. The van der Waals surface area contributed by atoms with Crippen LogP contribution in [0.3, 0.4) is 0 Å². The van der Waals surface area contributed by atoms with E-state index in [4.69, 9.17) is 10.6 Å². The number of nitrogens with one attached hydrogen (secondary N) is 1. The molecular weight excluding hydrogens is 152 g/mol. The van der Waals surface area contributed by atoms with Crippen molar-refractivity contribution in [3.05, 3.63) is 0 Å². The van der Waals surface area contributed by atoms with Crippen molar-refractivity contribution in [2.24, 2.45) is 11.3 Å². The molecule has 3 aliphatic carbocycles. The molecular formula is C9H18N2O. The van der Waals surface area contributed by atoms with Gasteiger partial charge in [0.05, 0.1) is 0 Å². The van der Waals surface area contributed by atoms with Gasteiger partial charge in [0, 0.05) is 19.3 Å². The van der Waals surface area contributed by atoms with E-state index in [2.05, 4.69) is 5.43 Å². The summed E-state index contributed by atoms with van der Waals surface area (Å²) >= 11 is 0. The summed E-state index contributed by atoms with van der Waals surface area (Å²) < 4.78 is 5.03. The Bertz CT molecular complexity index is 162. The van der Waals surface area contributed by atoms with Gasteiger partial charge in [0.15, 0.2) is 0 Å². The highest BCUT2D eigenvalue weighted by Gasteiger charge is 2.66. The van der Waals surface area contributed by atoms with Crippen LogP contribution in [0.15, 0.2) is 0 Å². The number of hydrogen-bond donors (Lipinski definition) is 2. The molecule has 3 rings (SSSR count). The van der Waals surface area contributed by atoms with Gasteiger partial charge < -0.3 is 4.74 Å². The molecule has 12 heavy (non-hydrogen) atoms. The molecule has 3 aliphatic rings. The van der Waals surface area contributed by atoms with Crippen LogP contribution in [-0.4, -0.2) is 19.3 Å². The van der Waals surface area contributed by atoms with Gasteiger partial charge in [-0.1, -0.05) is 0 Å². The summed E-state index contributed by atoms with van der Waals surface area (Å²) in [7, 11) is 1.77. The number of nitrogens with two attached hydrogens (primary N) is 1. The number of ether oxygens (including phenoxy) is 1. The highest BCUT2D eigenvalue weighted by atomic mass is 16.5. The molecule has 0 aromatic rings. The largest absolute Gasteiger partial charge is 0.385 e. The molecule has 0 unspecified atom stereocenters. The minimum Gasteiger partial charge on any atom is -0.385 e. The maximum absolute atomic E-state index is 5.45. The monoisotopic (exact) mass is 170 g/mol. The lowest BCUT2D eigenvalue weighted by molar-refractivity contribution is -0.161. The van der Waals surface area contributed by atoms with Crippen molar-refractivity contribution in [2.45, 2.75) is 37.6 Å². The molecule has 0 heterocycles. The number of rotatable bonds is 5. The second kappa shape index (κ2) is 2.69. The fraction of sp³-hybridized carbons (Fsp3) is 1.00. The highest BCUT2D eigenvalue weighted by Crippen LogP contribution is 2.68. The van der Waals surface area contributed by atoms with Crippen molar-refractivity contribution >= 4 is 0 Å². The van der Waals surface area contributed by atoms with E-state index in [1.807, 2.05) is 0 Å². The number of hydrazine groups is 1. The van der Waals surface area contributed by atoms with Crippen molar-refractivity contribution < 1.29 is 4.74 Å². The first-order chi connectivity index (χ1) is 5.74. The molecule has 0 saturated heterocycles. The normalized spacial score (nSPS) is 43.5. The molecule has 70 valence electrons. The third kappa shape index (κ3) is 1.08. The van der Waals surface area contributed by atoms with Crippen LogP contribution in [0.25, 0.3) is 0 Å². The van der Waals surface area contributed by atoms with E-state index in [9.17, 15) is 0 Å². The fourth-order valence-corrected chi connectivity index (χ4v) is 3.01. The van der Waals surface area contributed by atoms with Crippen LogP contribution in [0.5, 0.6) is 0 Å². The minimum absolute atomic E-state index is 0.354. The molecule has 0 spiro atoms. The SMILES string of the molecule is COCCCC12CC(NN)(C1)C2. The summed E-state index contributed by atoms with van der Waals surface area (Å²) in [5, 5.41) is 0. The Morgan fingerprint density at radius 1 is 1.42 bits per heavy atom. The molecule has 0 radical (unpaired) electrons. The molecule has 3 saturated carbocycles. The van der Waals surface area contributed by atoms with Crippen molar-refractivity contribution in [1.29, 1.82) is 0 Å². The second-order valence-electron chi connectivity index (χ2n) is 4.55. The topological polar surface area (TPSA) is 47.3 Å². The van der Waals surface area contributed by atoms with Crippen LogP contribution in [0.1, 0.15) is 32.1 Å². The van der Waals surface area contributed by atoms with Gasteiger partial charge in [0.1, 0.15) is 0 Å². The first kappa shape index (κ1) is 8.48. The van der Waals surface area contributed by atoms with Crippen molar-refractivity contribution in [3.8, 4) is 0 Å². The predicted molar refractivity (Wildman–Crippen MR) is 47.4 cm³/mol. The standard InChI is InChI=1S/C9H18N2O/c1-12-4-2-3-8-5-9(6-8,7-8)11-10/h11H,2-7,10H2,1H3. The number of hydrogen-bond acceptors (Lipinski definition) is 3. The Labute approximate surface area is 73.6 Å².